The van der Waals surface area contributed by atoms with Crippen molar-refractivity contribution in [2.24, 2.45) is 0 Å². The summed E-state index contributed by atoms with van der Waals surface area (Å²) in [6, 6.07) is 6.63. The number of alkyl halides is 2. The van der Waals surface area contributed by atoms with Gasteiger partial charge in [-0.15, -0.1) is 0 Å². The van der Waals surface area contributed by atoms with Crippen molar-refractivity contribution in [2.75, 3.05) is 0 Å². The Kier molecular flexibility index (Phi) is 3.61. The SMILES string of the molecule is CC(O)C(F)(F)Cc1ccc(Br)cc1. The van der Waals surface area contributed by atoms with Crippen molar-refractivity contribution in [1.29, 1.82) is 0 Å². The quantitative estimate of drug-likeness (QED) is 0.890. The van der Waals surface area contributed by atoms with E-state index in [1.807, 2.05) is 0 Å². The molecule has 1 atom stereocenters. The van der Waals surface area contributed by atoms with Crippen molar-refractivity contribution in [3.8, 4) is 0 Å². The van der Waals surface area contributed by atoms with Gasteiger partial charge in [-0.2, -0.15) is 0 Å². The highest BCUT2D eigenvalue weighted by atomic mass is 79.9. The Bertz CT molecular complexity index is 295. The van der Waals surface area contributed by atoms with Crippen LogP contribution >= 0.6 is 15.9 Å². The van der Waals surface area contributed by atoms with E-state index in [1.54, 1.807) is 24.3 Å². The lowest BCUT2D eigenvalue weighted by Crippen LogP contribution is -2.33. The van der Waals surface area contributed by atoms with Gasteiger partial charge in [-0.3, -0.25) is 0 Å². The lowest BCUT2D eigenvalue weighted by molar-refractivity contribution is -0.0982. The largest absolute Gasteiger partial charge is 0.387 e. The Labute approximate surface area is 89.9 Å². The third kappa shape index (κ3) is 3.03. The smallest absolute Gasteiger partial charge is 0.277 e. The van der Waals surface area contributed by atoms with E-state index in [9.17, 15) is 8.78 Å². The summed E-state index contributed by atoms with van der Waals surface area (Å²) >= 11 is 3.22. The lowest BCUT2D eigenvalue weighted by atomic mass is 10.0. The van der Waals surface area contributed by atoms with Crippen LogP contribution in [-0.2, 0) is 6.42 Å². The van der Waals surface area contributed by atoms with Crippen LogP contribution in [0.25, 0.3) is 0 Å². The van der Waals surface area contributed by atoms with Crippen LogP contribution in [0.4, 0.5) is 8.78 Å². The highest BCUT2D eigenvalue weighted by Gasteiger charge is 2.35. The van der Waals surface area contributed by atoms with Crippen molar-refractivity contribution >= 4 is 15.9 Å². The van der Waals surface area contributed by atoms with Gasteiger partial charge in [0.05, 0.1) is 0 Å². The van der Waals surface area contributed by atoms with E-state index in [1.165, 1.54) is 0 Å². The van der Waals surface area contributed by atoms with Gasteiger partial charge in [-0.1, -0.05) is 28.1 Å². The normalized spacial score (nSPS) is 14.1. The van der Waals surface area contributed by atoms with E-state index in [2.05, 4.69) is 15.9 Å². The van der Waals surface area contributed by atoms with Gasteiger partial charge in [-0.05, 0) is 24.6 Å². The Balaban J connectivity index is 2.74. The van der Waals surface area contributed by atoms with Crippen molar-refractivity contribution in [3.63, 3.8) is 0 Å². The van der Waals surface area contributed by atoms with Crippen LogP contribution < -0.4 is 0 Å². The first-order chi connectivity index (χ1) is 6.42. The Morgan fingerprint density at radius 1 is 1.36 bits per heavy atom. The molecule has 78 valence electrons. The van der Waals surface area contributed by atoms with Crippen LogP contribution in [-0.4, -0.2) is 17.1 Å². The molecule has 1 unspecified atom stereocenters. The second-order valence-corrected chi connectivity index (χ2v) is 4.16. The lowest BCUT2D eigenvalue weighted by Gasteiger charge is -2.19. The minimum atomic E-state index is -3.06. The molecule has 0 aromatic heterocycles. The molecule has 0 bridgehead atoms. The molecule has 0 aliphatic carbocycles. The number of aliphatic hydroxyl groups is 1. The summed E-state index contributed by atoms with van der Waals surface area (Å²) in [5.41, 5.74) is 0.513. The van der Waals surface area contributed by atoms with Crippen molar-refractivity contribution in [1.82, 2.24) is 0 Å². The van der Waals surface area contributed by atoms with Gasteiger partial charge in [0.2, 0.25) is 0 Å². The average Bonchev–Trinajstić information content (AvgIpc) is 2.08. The van der Waals surface area contributed by atoms with Gasteiger partial charge < -0.3 is 5.11 Å². The van der Waals surface area contributed by atoms with Crippen molar-refractivity contribution in [3.05, 3.63) is 34.3 Å². The monoisotopic (exact) mass is 264 g/mol. The van der Waals surface area contributed by atoms with Crippen LogP contribution in [0.1, 0.15) is 12.5 Å². The summed E-state index contributed by atoms with van der Waals surface area (Å²) in [4.78, 5) is 0. The van der Waals surface area contributed by atoms with Crippen LogP contribution in [0.2, 0.25) is 0 Å². The summed E-state index contributed by atoms with van der Waals surface area (Å²) < 4.78 is 27.0. The number of hydrogen-bond acceptors (Lipinski definition) is 1. The van der Waals surface area contributed by atoms with Gasteiger partial charge in [0.25, 0.3) is 5.92 Å². The number of rotatable bonds is 3. The Hall–Kier alpha value is -0.480. The third-order valence-corrected chi connectivity index (χ3v) is 2.49. The minimum Gasteiger partial charge on any atom is -0.387 e. The number of aliphatic hydroxyl groups excluding tert-OH is 1. The summed E-state index contributed by atoms with van der Waals surface area (Å²) in [6.07, 6.45) is -2.05. The summed E-state index contributed by atoms with van der Waals surface area (Å²) in [5.74, 6) is -3.06. The second kappa shape index (κ2) is 4.36. The molecule has 0 spiro atoms. The summed E-state index contributed by atoms with van der Waals surface area (Å²) in [7, 11) is 0. The zero-order valence-corrected chi connectivity index (χ0v) is 9.26. The minimum absolute atomic E-state index is 0.433. The molecule has 1 aromatic carbocycles. The molecule has 1 nitrogen and oxygen atoms in total. The first-order valence-corrected chi connectivity index (χ1v) is 5.01. The number of hydrogen-bond donors (Lipinski definition) is 1. The molecular formula is C10H11BrF2O. The van der Waals surface area contributed by atoms with E-state index in [0.717, 1.165) is 11.4 Å². The van der Waals surface area contributed by atoms with Gasteiger partial charge >= 0.3 is 0 Å². The van der Waals surface area contributed by atoms with Gasteiger partial charge in [0, 0.05) is 10.9 Å². The topological polar surface area (TPSA) is 20.2 Å². The third-order valence-electron chi connectivity index (χ3n) is 1.96. The first kappa shape index (κ1) is 11.6. The molecule has 14 heavy (non-hydrogen) atoms. The average molecular weight is 265 g/mol. The summed E-state index contributed by atoms with van der Waals surface area (Å²) in [5, 5.41) is 8.84. The first-order valence-electron chi connectivity index (χ1n) is 4.22. The van der Waals surface area contributed by atoms with Crippen LogP contribution in [0.15, 0.2) is 28.7 Å². The number of benzene rings is 1. The van der Waals surface area contributed by atoms with Crippen molar-refractivity contribution < 1.29 is 13.9 Å². The Morgan fingerprint density at radius 3 is 2.29 bits per heavy atom. The predicted molar refractivity (Wildman–Crippen MR) is 54.5 cm³/mol. The van der Waals surface area contributed by atoms with E-state index >= 15 is 0 Å². The molecule has 0 aliphatic heterocycles. The molecule has 1 N–H and O–H groups in total. The van der Waals surface area contributed by atoms with E-state index < -0.39 is 18.4 Å². The van der Waals surface area contributed by atoms with E-state index in [4.69, 9.17) is 5.11 Å². The van der Waals surface area contributed by atoms with E-state index in [0.29, 0.717) is 5.56 Å². The van der Waals surface area contributed by atoms with Crippen LogP contribution in [0, 0.1) is 0 Å². The highest BCUT2D eigenvalue weighted by Crippen LogP contribution is 2.24. The zero-order valence-electron chi connectivity index (χ0n) is 7.67. The predicted octanol–water partition coefficient (Wildman–Crippen LogP) is 3.01. The van der Waals surface area contributed by atoms with Gasteiger partial charge in [-0.25, -0.2) is 8.78 Å². The fraction of sp³-hybridized carbons (Fsp3) is 0.400. The zero-order chi connectivity index (χ0) is 10.8. The molecule has 0 aliphatic rings. The highest BCUT2D eigenvalue weighted by molar-refractivity contribution is 9.10. The fourth-order valence-corrected chi connectivity index (χ4v) is 1.29. The van der Waals surface area contributed by atoms with E-state index in [-0.39, 0.29) is 0 Å². The maximum atomic E-state index is 13.1. The standard InChI is InChI=1S/C10H11BrF2O/c1-7(14)10(12,13)6-8-2-4-9(11)5-3-8/h2-5,7,14H,6H2,1H3. The van der Waals surface area contributed by atoms with Gasteiger partial charge in [0.15, 0.2) is 0 Å². The molecule has 0 heterocycles. The van der Waals surface area contributed by atoms with Crippen LogP contribution in [0.5, 0.6) is 0 Å². The molecule has 0 radical (unpaired) electrons. The maximum absolute atomic E-state index is 13.1. The molecule has 4 heteroatoms. The van der Waals surface area contributed by atoms with Gasteiger partial charge in [0.1, 0.15) is 6.10 Å². The molecule has 0 saturated heterocycles. The molecule has 1 aromatic rings. The molecule has 0 saturated carbocycles. The van der Waals surface area contributed by atoms with Crippen LogP contribution in [0.3, 0.4) is 0 Å². The summed E-state index contributed by atoms with van der Waals surface area (Å²) in [6.45, 7) is 1.10. The van der Waals surface area contributed by atoms with Crippen molar-refractivity contribution in [2.45, 2.75) is 25.4 Å². The molecular weight excluding hydrogens is 254 g/mol. The molecule has 0 fully saturated rings. The molecule has 0 amide bonds. The molecule has 1 rings (SSSR count). The maximum Gasteiger partial charge on any atom is 0.277 e. The Morgan fingerprint density at radius 2 is 1.86 bits per heavy atom. The number of halogens is 3. The fourth-order valence-electron chi connectivity index (χ4n) is 1.02. The second-order valence-electron chi connectivity index (χ2n) is 3.24.